The summed E-state index contributed by atoms with van der Waals surface area (Å²) in [5, 5.41) is 11.0. The highest BCUT2D eigenvalue weighted by atomic mass is 79.9. The average molecular weight is 829 g/mol. The van der Waals surface area contributed by atoms with Crippen LogP contribution < -0.4 is 9.64 Å². The molecule has 3 fully saturated rings. The van der Waals surface area contributed by atoms with Gasteiger partial charge in [-0.1, -0.05) is 88.7 Å². The van der Waals surface area contributed by atoms with Crippen LogP contribution in [-0.2, 0) is 35.1 Å². The molecule has 9 atom stereocenters. The van der Waals surface area contributed by atoms with Crippen molar-refractivity contribution in [1.82, 2.24) is 9.80 Å². The van der Waals surface area contributed by atoms with Crippen LogP contribution in [0.5, 0.6) is 5.75 Å². The van der Waals surface area contributed by atoms with Crippen LogP contribution in [0.3, 0.4) is 0 Å². The summed E-state index contributed by atoms with van der Waals surface area (Å²) in [6.45, 7) is 9.14. The molecule has 1 unspecified atom stereocenters. The number of fused-ring (bicyclic) bond motifs is 1. The summed E-state index contributed by atoms with van der Waals surface area (Å²) in [4.78, 5) is 62.4. The molecule has 3 saturated heterocycles. The molecule has 3 aliphatic rings. The zero-order valence-electron chi connectivity index (χ0n) is 32.0. The normalized spacial score (nSPS) is 25.1. The molecule has 1 spiro atoms. The van der Waals surface area contributed by atoms with Gasteiger partial charge in [-0.05, 0) is 61.6 Å². The van der Waals surface area contributed by atoms with Crippen molar-refractivity contribution in [2.75, 3.05) is 32.2 Å². The van der Waals surface area contributed by atoms with Crippen molar-refractivity contribution in [3.8, 4) is 5.75 Å². The minimum atomic E-state index is -1.43. The molecule has 0 aromatic heterocycles. The van der Waals surface area contributed by atoms with Crippen LogP contribution in [-0.4, -0.2) is 101 Å². The number of hydrogen-bond donors (Lipinski definition) is 1. The van der Waals surface area contributed by atoms with Crippen molar-refractivity contribution in [3.05, 3.63) is 121 Å². The second-order valence-electron chi connectivity index (χ2n) is 14.7. The van der Waals surface area contributed by atoms with Crippen LogP contribution in [0.2, 0.25) is 0 Å². The van der Waals surface area contributed by atoms with Crippen molar-refractivity contribution < 1.29 is 38.5 Å². The molecule has 0 saturated carbocycles. The Balaban J connectivity index is 1.41. The zero-order chi connectivity index (χ0) is 40.1. The van der Waals surface area contributed by atoms with Gasteiger partial charge in [0.2, 0.25) is 11.8 Å². The number of likely N-dealkylation sites (tertiary alicyclic amines) is 1. The van der Waals surface area contributed by atoms with Crippen molar-refractivity contribution >= 4 is 45.3 Å². The number of methoxy groups -OCH3 is 1. The number of aliphatic hydroxyl groups is 1. The van der Waals surface area contributed by atoms with Crippen LogP contribution in [0.15, 0.2) is 110 Å². The lowest BCUT2D eigenvalue weighted by molar-refractivity contribution is -0.165. The zero-order valence-corrected chi connectivity index (χ0v) is 33.6. The number of allylic oxidation sites excluding steroid dienone is 1. The molecule has 2 bridgehead atoms. The van der Waals surface area contributed by atoms with E-state index in [-0.39, 0.29) is 31.7 Å². The lowest BCUT2D eigenvalue weighted by Crippen LogP contribution is -2.59. The molecule has 3 aromatic rings. The Morgan fingerprint density at radius 2 is 1.70 bits per heavy atom. The van der Waals surface area contributed by atoms with E-state index in [0.29, 0.717) is 23.4 Å². The Morgan fingerprint density at radius 1 is 1.04 bits per heavy atom. The van der Waals surface area contributed by atoms with Crippen LogP contribution in [0.1, 0.15) is 43.4 Å². The largest absolute Gasteiger partial charge is 0.497 e. The minimum Gasteiger partial charge on any atom is -0.497 e. The monoisotopic (exact) mass is 827 g/mol. The fourth-order valence-electron chi connectivity index (χ4n) is 8.63. The average Bonchev–Trinajstić information content (AvgIpc) is 3.83. The number of alkyl halides is 1. The molecule has 3 aromatic carbocycles. The van der Waals surface area contributed by atoms with Gasteiger partial charge in [0, 0.05) is 30.5 Å². The number of likely N-dealkylation sites (N-methyl/N-ethyl adjacent to an activating group) is 1. The summed E-state index contributed by atoms with van der Waals surface area (Å²) in [7, 11) is 3.24. The molecule has 296 valence electrons. The van der Waals surface area contributed by atoms with Crippen molar-refractivity contribution in [2.45, 2.75) is 73.4 Å². The van der Waals surface area contributed by atoms with E-state index < -0.39 is 77.0 Å². The van der Waals surface area contributed by atoms with Gasteiger partial charge in [0.15, 0.2) is 0 Å². The topological polar surface area (TPSA) is 126 Å². The van der Waals surface area contributed by atoms with Gasteiger partial charge in [0.05, 0.1) is 43.7 Å². The Kier molecular flexibility index (Phi) is 12.8. The first-order chi connectivity index (χ1) is 27.0. The van der Waals surface area contributed by atoms with Gasteiger partial charge in [0.25, 0.3) is 5.91 Å². The molecule has 3 aliphatic heterocycles. The lowest BCUT2D eigenvalue weighted by Gasteiger charge is -2.39. The van der Waals surface area contributed by atoms with Crippen LogP contribution in [0, 0.1) is 11.8 Å². The Hall–Kier alpha value is -4.78. The fraction of sp³-hybridized carbons (Fsp3) is 0.409. The molecule has 6 rings (SSSR count). The van der Waals surface area contributed by atoms with E-state index in [1.54, 1.807) is 60.4 Å². The quantitative estimate of drug-likeness (QED) is 0.105. The molecular formula is C44H50BrN3O8. The summed E-state index contributed by atoms with van der Waals surface area (Å²) in [5.41, 5.74) is 0.667. The van der Waals surface area contributed by atoms with E-state index in [0.717, 1.165) is 5.56 Å². The van der Waals surface area contributed by atoms with Crippen molar-refractivity contribution in [2.24, 2.45) is 11.8 Å². The number of carbonyl (C=O) groups excluding carboxylic acids is 4. The molecule has 11 nitrogen and oxygen atoms in total. The maximum Gasteiger partial charge on any atom is 0.313 e. The highest BCUT2D eigenvalue weighted by Gasteiger charge is 2.77. The van der Waals surface area contributed by atoms with Crippen molar-refractivity contribution in [1.29, 1.82) is 0 Å². The van der Waals surface area contributed by atoms with Gasteiger partial charge >= 0.3 is 5.97 Å². The van der Waals surface area contributed by atoms with E-state index in [9.17, 15) is 14.7 Å². The molecule has 0 radical (unpaired) electrons. The molecule has 1 N–H and O–H groups in total. The number of esters is 1. The highest BCUT2D eigenvalue weighted by molar-refractivity contribution is 9.09. The number of anilines is 1. The van der Waals surface area contributed by atoms with Gasteiger partial charge in [-0.2, -0.15) is 0 Å². The van der Waals surface area contributed by atoms with Crippen LogP contribution >= 0.6 is 15.9 Å². The maximum absolute atomic E-state index is 15.2. The number of benzene rings is 3. The predicted octanol–water partition coefficient (Wildman–Crippen LogP) is 5.66. The molecular weight excluding hydrogens is 778 g/mol. The van der Waals surface area contributed by atoms with E-state index >= 15 is 9.59 Å². The number of ether oxygens (including phenoxy) is 3. The van der Waals surface area contributed by atoms with E-state index in [1.807, 2.05) is 67.6 Å². The predicted molar refractivity (Wildman–Crippen MR) is 216 cm³/mol. The number of halogens is 1. The number of amides is 3. The van der Waals surface area contributed by atoms with Gasteiger partial charge in [0.1, 0.15) is 23.5 Å². The first kappa shape index (κ1) is 40.9. The molecule has 3 heterocycles. The maximum atomic E-state index is 15.2. The second-order valence-corrected chi connectivity index (χ2v) is 15.9. The smallest absolute Gasteiger partial charge is 0.313 e. The number of aliphatic hydroxyl groups excluding tert-OH is 1. The van der Waals surface area contributed by atoms with E-state index in [1.165, 1.54) is 4.90 Å². The van der Waals surface area contributed by atoms with Gasteiger partial charge in [-0.15, -0.1) is 13.2 Å². The third-order valence-corrected chi connectivity index (χ3v) is 12.3. The van der Waals surface area contributed by atoms with Gasteiger partial charge < -0.3 is 34.0 Å². The Morgan fingerprint density at radius 3 is 2.30 bits per heavy atom. The number of rotatable bonds is 17. The lowest BCUT2D eigenvalue weighted by atomic mass is 9.70. The van der Waals surface area contributed by atoms with Crippen molar-refractivity contribution in [3.63, 3.8) is 0 Å². The van der Waals surface area contributed by atoms with Crippen LogP contribution in [0.4, 0.5) is 5.69 Å². The van der Waals surface area contributed by atoms with E-state index in [4.69, 9.17) is 14.2 Å². The van der Waals surface area contributed by atoms with Gasteiger partial charge in [-0.3, -0.25) is 19.2 Å². The van der Waals surface area contributed by atoms with Gasteiger partial charge in [-0.25, -0.2) is 0 Å². The molecule has 3 amide bonds. The number of hydrogen-bond acceptors (Lipinski definition) is 8. The molecule has 0 aliphatic carbocycles. The SMILES string of the molecule is C=CCCC(=O)N(C)[C@@H](C)[C@@H](OC(=O)[C@H]1[C@@H]2O[C@@]3(CC2Br)[C@@H]1C(=O)N([C@@H](CO)Cc1ccccc1)[C@@H]3C(=O)N(CC=C)c1ccc(OC)cc1)c1ccccc1. The third kappa shape index (κ3) is 7.66. The summed E-state index contributed by atoms with van der Waals surface area (Å²) >= 11 is 3.77. The fourth-order valence-corrected chi connectivity index (χ4v) is 9.57. The number of carbonyl (C=O) groups is 4. The van der Waals surface area contributed by atoms with Crippen LogP contribution in [0.25, 0.3) is 0 Å². The summed E-state index contributed by atoms with van der Waals surface area (Å²) < 4.78 is 18.6. The third-order valence-electron chi connectivity index (χ3n) is 11.5. The standard InChI is InChI=1S/C44H50BrN3O8/c1-6-8-19-35(50)46(4)28(3)38(30-17-13-10-14-18-30)55-43(53)36-37-41(51)48(32(27-49)25-29-15-11-9-12-16-29)40(44(37)26-34(45)39(36)56-44)42(52)47(24-7-2)31-20-22-33(54-5)23-21-31/h6-7,9-18,20-23,28,32,34,36-40,49H,1-2,8,19,24-27H2,3-5H3/t28-,32+,34?,36+,37-,38+,39+,40+,44-/m0/s1. The molecule has 12 heteroatoms. The summed E-state index contributed by atoms with van der Waals surface area (Å²) in [5.74, 6) is -3.26. The Bertz CT molecular complexity index is 1890. The number of nitrogens with zero attached hydrogens (tertiary/aromatic N) is 3. The minimum absolute atomic E-state index is 0.120. The first-order valence-corrected chi connectivity index (χ1v) is 19.9. The Labute approximate surface area is 337 Å². The highest BCUT2D eigenvalue weighted by Crippen LogP contribution is 2.61. The first-order valence-electron chi connectivity index (χ1n) is 19.0. The summed E-state index contributed by atoms with van der Waals surface area (Å²) in [6.07, 6.45) is 2.90. The summed E-state index contributed by atoms with van der Waals surface area (Å²) in [6, 6.07) is 23.1. The molecule has 56 heavy (non-hydrogen) atoms. The second kappa shape index (κ2) is 17.6. The van der Waals surface area contributed by atoms with E-state index in [2.05, 4.69) is 29.1 Å².